The van der Waals surface area contributed by atoms with Gasteiger partial charge in [0.2, 0.25) is 0 Å². The Balaban J connectivity index is 1.64. The molecule has 100 valence electrons. The van der Waals surface area contributed by atoms with Crippen molar-refractivity contribution in [1.29, 1.82) is 0 Å². The second-order valence-corrected chi connectivity index (χ2v) is 4.79. The summed E-state index contributed by atoms with van der Waals surface area (Å²) in [6.07, 6.45) is 2.38. The predicted octanol–water partition coefficient (Wildman–Crippen LogP) is 2.14. The van der Waals surface area contributed by atoms with E-state index < -0.39 is 0 Å². The van der Waals surface area contributed by atoms with E-state index in [0.717, 1.165) is 44.5 Å². The van der Waals surface area contributed by atoms with Gasteiger partial charge in [0.05, 0.1) is 6.61 Å². The van der Waals surface area contributed by atoms with Gasteiger partial charge in [-0.25, -0.2) is 0 Å². The van der Waals surface area contributed by atoms with Crippen molar-refractivity contribution in [3.8, 4) is 5.75 Å². The number of nitrogens with one attached hydrogen (secondary N) is 1. The summed E-state index contributed by atoms with van der Waals surface area (Å²) in [4.78, 5) is 2.56. The Bertz CT molecular complexity index is 323. The highest BCUT2D eigenvalue weighted by Crippen LogP contribution is 2.11. The summed E-state index contributed by atoms with van der Waals surface area (Å²) < 4.78 is 5.72. The van der Waals surface area contributed by atoms with E-state index >= 15 is 0 Å². The molecule has 1 atom stereocenters. The van der Waals surface area contributed by atoms with Crippen molar-refractivity contribution >= 4 is 0 Å². The van der Waals surface area contributed by atoms with Gasteiger partial charge < -0.3 is 10.1 Å². The van der Waals surface area contributed by atoms with Crippen LogP contribution in [0.3, 0.4) is 0 Å². The van der Waals surface area contributed by atoms with Crippen molar-refractivity contribution in [2.24, 2.45) is 0 Å². The highest BCUT2D eigenvalue weighted by Gasteiger charge is 2.20. The average molecular weight is 248 g/mol. The molecule has 0 aromatic heterocycles. The van der Waals surface area contributed by atoms with Crippen molar-refractivity contribution in [2.75, 3.05) is 32.8 Å². The number of hydrogen-bond acceptors (Lipinski definition) is 3. The SMILES string of the molecule is CCN(CCCOc1ccccc1)C1CCNC1. The summed E-state index contributed by atoms with van der Waals surface area (Å²) in [5.41, 5.74) is 0. The summed E-state index contributed by atoms with van der Waals surface area (Å²) in [7, 11) is 0. The van der Waals surface area contributed by atoms with E-state index in [9.17, 15) is 0 Å². The van der Waals surface area contributed by atoms with Crippen LogP contribution in [0.2, 0.25) is 0 Å². The molecule has 3 heteroatoms. The summed E-state index contributed by atoms with van der Waals surface area (Å²) in [6, 6.07) is 10.8. The number of benzene rings is 1. The van der Waals surface area contributed by atoms with Crippen molar-refractivity contribution in [3.63, 3.8) is 0 Å². The second-order valence-electron chi connectivity index (χ2n) is 4.79. The molecule has 0 saturated carbocycles. The van der Waals surface area contributed by atoms with E-state index in [4.69, 9.17) is 4.74 Å². The standard InChI is InChI=1S/C15H24N2O/c1-2-17(14-9-10-16-13-14)11-6-12-18-15-7-4-3-5-8-15/h3-5,7-8,14,16H,2,6,9-13H2,1H3. The summed E-state index contributed by atoms with van der Waals surface area (Å²) >= 11 is 0. The Hall–Kier alpha value is -1.06. The molecular formula is C15H24N2O. The third kappa shape index (κ3) is 4.00. The zero-order chi connectivity index (χ0) is 12.6. The molecule has 1 saturated heterocycles. The van der Waals surface area contributed by atoms with Crippen LogP contribution in [-0.2, 0) is 0 Å². The lowest BCUT2D eigenvalue weighted by Crippen LogP contribution is -2.37. The monoisotopic (exact) mass is 248 g/mol. The van der Waals surface area contributed by atoms with Crippen LogP contribution in [0.5, 0.6) is 5.75 Å². The fraction of sp³-hybridized carbons (Fsp3) is 0.600. The minimum absolute atomic E-state index is 0.728. The first kappa shape index (κ1) is 13.4. The first-order chi connectivity index (χ1) is 8.90. The Morgan fingerprint density at radius 1 is 1.33 bits per heavy atom. The van der Waals surface area contributed by atoms with Gasteiger partial charge in [-0.05, 0) is 38.1 Å². The number of hydrogen-bond donors (Lipinski definition) is 1. The minimum Gasteiger partial charge on any atom is -0.494 e. The van der Waals surface area contributed by atoms with E-state index in [1.54, 1.807) is 0 Å². The zero-order valence-electron chi connectivity index (χ0n) is 11.3. The van der Waals surface area contributed by atoms with E-state index in [1.165, 1.54) is 13.0 Å². The zero-order valence-corrected chi connectivity index (χ0v) is 11.3. The van der Waals surface area contributed by atoms with Gasteiger partial charge in [0.1, 0.15) is 5.75 Å². The molecule has 1 N–H and O–H groups in total. The van der Waals surface area contributed by atoms with Crippen LogP contribution in [0, 0.1) is 0 Å². The quantitative estimate of drug-likeness (QED) is 0.748. The van der Waals surface area contributed by atoms with Crippen molar-refractivity contribution in [2.45, 2.75) is 25.8 Å². The Labute approximate surface area is 110 Å². The van der Waals surface area contributed by atoms with Crippen LogP contribution in [0.1, 0.15) is 19.8 Å². The number of ether oxygens (including phenoxy) is 1. The molecule has 1 aromatic carbocycles. The molecule has 1 aliphatic heterocycles. The maximum Gasteiger partial charge on any atom is 0.119 e. The summed E-state index contributed by atoms with van der Waals surface area (Å²) in [5.74, 6) is 0.975. The fourth-order valence-electron chi connectivity index (χ4n) is 2.52. The van der Waals surface area contributed by atoms with E-state index in [2.05, 4.69) is 17.1 Å². The lowest BCUT2D eigenvalue weighted by atomic mass is 10.2. The maximum absolute atomic E-state index is 5.72. The number of nitrogens with zero attached hydrogens (tertiary/aromatic N) is 1. The van der Waals surface area contributed by atoms with Crippen LogP contribution >= 0.6 is 0 Å². The number of para-hydroxylation sites is 1. The molecule has 0 radical (unpaired) electrons. The molecule has 3 nitrogen and oxygen atoms in total. The van der Waals surface area contributed by atoms with Crippen LogP contribution in [-0.4, -0.2) is 43.7 Å². The summed E-state index contributed by atoms with van der Waals surface area (Å²) in [6.45, 7) is 7.64. The first-order valence-electron chi connectivity index (χ1n) is 7.02. The van der Waals surface area contributed by atoms with Gasteiger partial charge >= 0.3 is 0 Å². The third-order valence-corrected chi connectivity index (χ3v) is 3.56. The smallest absolute Gasteiger partial charge is 0.119 e. The van der Waals surface area contributed by atoms with E-state index in [0.29, 0.717) is 0 Å². The van der Waals surface area contributed by atoms with Crippen LogP contribution in [0.25, 0.3) is 0 Å². The first-order valence-corrected chi connectivity index (χ1v) is 7.02. The van der Waals surface area contributed by atoms with Gasteiger partial charge in [0.15, 0.2) is 0 Å². The Kier molecular flexibility index (Phi) is 5.49. The van der Waals surface area contributed by atoms with Gasteiger partial charge in [-0.15, -0.1) is 0 Å². The van der Waals surface area contributed by atoms with Crippen molar-refractivity contribution in [1.82, 2.24) is 10.2 Å². The van der Waals surface area contributed by atoms with Gasteiger partial charge in [-0.2, -0.15) is 0 Å². The normalized spacial score (nSPS) is 19.3. The van der Waals surface area contributed by atoms with Crippen LogP contribution < -0.4 is 10.1 Å². The molecule has 2 rings (SSSR count). The molecule has 0 bridgehead atoms. The van der Waals surface area contributed by atoms with Crippen LogP contribution in [0.4, 0.5) is 0 Å². The molecule has 0 spiro atoms. The highest BCUT2D eigenvalue weighted by atomic mass is 16.5. The van der Waals surface area contributed by atoms with Gasteiger partial charge in [-0.1, -0.05) is 25.1 Å². The molecule has 0 aliphatic carbocycles. The van der Waals surface area contributed by atoms with E-state index in [-0.39, 0.29) is 0 Å². The second kappa shape index (κ2) is 7.39. The molecule has 1 aromatic rings. The highest BCUT2D eigenvalue weighted by molar-refractivity contribution is 5.20. The number of rotatable bonds is 7. The molecule has 1 fully saturated rings. The topological polar surface area (TPSA) is 24.5 Å². The van der Waals surface area contributed by atoms with E-state index in [1.807, 2.05) is 30.3 Å². The number of likely N-dealkylation sites (N-methyl/N-ethyl adjacent to an activating group) is 1. The lowest BCUT2D eigenvalue weighted by molar-refractivity contribution is 0.196. The van der Waals surface area contributed by atoms with Gasteiger partial charge in [0.25, 0.3) is 0 Å². The third-order valence-electron chi connectivity index (χ3n) is 3.56. The Morgan fingerprint density at radius 2 is 2.17 bits per heavy atom. The molecule has 18 heavy (non-hydrogen) atoms. The van der Waals surface area contributed by atoms with Crippen molar-refractivity contribution < 1.29 is 4.74 Å². The molecular weight excluding hydrogens is 224 g/mol. The fourth-order valence-corrected chi connectivity index (χ4v) is 2.52. The largest absolute Gasteiger partial charge is 0.494 e. The van der Waals surface area contributed by atoms with Gasteiger partial charge in [-0.3, -0.25) is 4.90 Å². The Morgan fingerprint density at radius 3 is 2.83 bits per heavy atom. The van der Waals surface area contributed by atoms with Gasteiger partial charge in [0, 0.05) is 19.1 Å². The van der Waals surface area contributed by atoms with Crippen LogP contribution in [0.15, 0.2) is 30.3 Å². The lowest BCUT2D eigenvalue weighted by Gasteiger charge is -2.26. The maximum atomic E-state index is 5.72. The molecule has 0 amide bonds. The molecule has 1 aliphatic rings. The summed E-state index contributed by atoms with van der Waals surface area (Å²) in [5, 5.41) is 3.43. The minimum atomic E-state index is 0.728. The predicted molar refractivity (Wildman–Crippen MR) is 75.1 cm³/mol. The molecule has 1 heterocycles. The van der Waals surface area contributed by atoms with Crippen molar-refractivity contribution in [3.05, 3.63) is 30.3 Å². The molecule has 1 unspecified atom stereocenters. The average Bonchev–Trinajstić information content (AvgIpc) is 2.94.